The standard InChI is InChI=1S/C11H23N3O3S/c1-10(2,14-18(3,16)17)8-13-9(15)11(12)6-4-5-7-11/h14H,4-8,12H2,1-3H3,(H,13,15). The van der Waals surface area contributed by atoms with E-state index in [0.717, 1.165) is 19.1 Å². The molecule has 1 rings (SSSR count). The molecule has 0 heterocycles. The van der Waals surface area contributed by atoms with E-state index in [9.17, 15) is 13.2 Å². The summed E-state index contributed by atoms with van der Waals surface area (Å²) in [5, 5.41) is 2.74. The summed E-state index contributed by atoms with van der Waals surface area (Å²) in [7, 11) is -3.30. The van der Waals surface area contributed by atoms with E-state index in [4.69, 9.17) is 5.73 Å². The van der Waals surface area contributed by atoms with E-state index in [-0.39, 0.29) is 12.5 Å². The van der Waals surface area contributed by atoms with E-state index in [1.807, 2.05) is 0 Å². The van der Waals surface area contributed by atoms with E-state index in [0.29, 0.717) is 12.8 Å². The van der Waals surface area contributed by atoms with Crippen LogP contribution in [0.25, 0.3) is 0 Å². The van der Waals surface area contributed by atoms with Crippen LogP contribution in [0.3, 0.4) is 0 Å². The Morgan fingerprint density at radius 1 is 1.33 bits per heavy atom. The summed E-state index contributed by atoms with van der Waals surface area (Å²) >= 11 is 0. The monoisotopic (exact) mass is 277 g/mol. The Kier molecular flexibility index (Phi) is 4.40. The fourth-order valence-electron chi connectivity index (χ4n) is 2.25. The minimum atomic E-state index is -3.30. The highest BCUT2D eigenvalue weighted by Gasteiger charge is 2.37. The maximum atomic E-state index is 12.0. The molecule has 0 saturated heterocycles. The summed E-state index contributed by atoms with van der Waals surface area (Å²) in [5.74, 6) is -0.191. The van der Waals surface area contributed by atoms with Crippen molar-refractivity contribution in [1.82, 2.24) is 10.0 Å². The highest BCUT2D eigenvalue weighted by atomic mass is 32.2. The molecule has 1 aliphatic rings. The van der Waals surface area contributed by atoms with Crippen molar-refractivity contribution >= 4 is 15.9 Å². The van der Waals surface area contributed by atoms with Gasteiger partial charge in [0, 0.05) is 12.1 Å². The highest BCUT2D eigenvalue weighted by molar-refractivity contribution is 7.88. The van der Waals surface area contributed by atoms with Crippen LogP contribution in [-0.2, 0) is 14.8 Å². The van der Waals surface area contributed by atoms with Crippen molar-refractivity contribution in [1.29, 1.82) is 0 Å². The minimum Gasteiger partial charge on any atom is -0.353 e. The third kappa shape index (κ3) is 4.55. The molecule has 0 aromatic carbocycles. The Hall–Kier alpha value is -0.660. The fraction of sp³-hybridized carbons (Fsp3) is 0.909. The zero-order valence-corrected chi connectivity index (χ0v) is 12.1. The van der Waals surface area contributed by atoms with Crippen LogP contribution in [0.1, 0.15) is 39.5 Å². The molecule has 1 amide bonds. The second kappa shape index (κ2) is 5.14. The molecule has 106 valence electrons. The van der Waals surface area contributed by atoms with Gasteiger partial charge in [-0.2, -0.15) is 0 Å². The molecule has 1 aliphatic carbocycles. The number of rotatable bonds is 5. The maximum Gasteiger partial charge on any atom is 0.240 e. The first-order valence-electron chi connectivity index (χ1n) is 6.10. The summed E-state index contributed by atoms with van der Waals surface area (Å²) in [6.45, 7) is 3.65. The van der Waals surface area contributed by atoms with Crippen molar-refractivity contribution in [3.05, 3.63) is 0 Å². The molecule has 0 spiro atoms. The number of hydrogen-bond donors (Lipinski definition) is 3. The number of amides is 1. The van der Waals surface area contributed by atoms with Gasteiger partial charge in [-0.3, -0.25) is 4.79 Å². The summed E-state index contributed by atoms with van der Waals surface area (Å²) in [6.07, 6.45) is 4.42. The average molecular weight is 277 g/mol. The number of carbonyl (C=O) groups is 1. The lowest BCUT2D eigenvalue weighted by atomic mass is 9.97. The Labute approximate surface area is 109 Å². The molecule has 0 aromatic rings. The molecule has 18 heavy (non-hydrogen) atoms. The van der Waals surface area contributed by atoms with Gasteiger partial charge >= 0.3 is 0 Å². The van der Waals surface area contributed by atoms with E-state index in [2.05, 4.69) is 10.0 Å². The molecule has 7 heteroatoms. The van der Waals surface area contributed by atoms with Gasteiger partial charge < -0.3 is 11.1 Å². The second-order valence-electron chi connectivity index (χ2n) is 5.80. The van der Waals surface area contributed by atoms with Gasteiger partial charge in [0.25, 0.3) is 0 Å². The topological polar surface area (TPSA) is 101 Å². The third-order valence-corrected chi connectivity index (χ3v) is 4.02. The van der Waals surface area contributed by atoms with Crippen LogP contribution in [0, 0.1) is 0 Å². The van der Waals surface area contributed by atoms with Crippen LogP contribution in [0.2, 0.25) is 0 Å². The van der Waals surface area contributed by atoms with Crippen LogP contribution in [0.4, 0.5) is 0 Å². The van der Waals surface area contributed by atoms with E-state index in [1.54, 1.807) is 13.8 Å². The van der Waals surface area contributed by atoms with Crippen LogP contribution in [-0.4, -0.2) is 38.2 Å². The second-order valence-corrected chi connectivity index (χ2v) is 7.55. The smallest absolute Gasteiger partial charge is 0.240 e. The molecule has 0 bridgehead atoms. The quantitative estimate of drug-likeness (QED) is 0.642. The van der Waals surface area contributed by atoms with Gasteiger partial charge in [0.2, 0.25) is 15.9 Å². The van der Waals surface area contributed by atoms with Crippen molar-refractivity contribution in [3.8, 4) is 0 Å². The Morgan fingerprint density at radius 3 is 2.28 bits per heavy atom. The van der Waals surface area contributed by atoms with Gasteiger partial charge in [-0.1, -0.05) is 12.8 Å². The van der Waals surface area contributed by atoms with Crippen molar-refractivity contribution in [2.45, 2.75) is 50.6 Å². The lowest BCUT2D eigenvalue weighted by molar-refractivity contribution is -0.126. The molecule has 0 unspecified atom stereocenters. The van der Waals surface area contributed by atoms with Crippen LogP contribution < -0.4 is 15.8 Å². The predicted octanol–water partition coefficient (Wildman–Crippen LogP) is -0.298. The molecule has 0 atom stereocenters. The molecule has 0 aliphatic heterocycles. The Morgan fingerprint density at radius 2 is 1.83 bits per heavy atom. The molecule has 0 radical (unpaired) electrons. The zero-order chi connectivity index (χ0) is 14.0. The largest absolute Gasteiger partial charge is 0.353 e. The third-order valence-electron chi connectivity index (χ3n) is 3.10. The van der Waals surface area contributed by atoms with Crippen molar-refractivity contribution in [2.75, 3.05) is 12.8 Å². The first kappa shape index (κ1) is 15.4. The molecular formula is C11H23N3O3S. The average Bonchev–Trinajstić information content (AvgIpc) is 2.59. The number of nitrogens with two attached hydrogens (primary N) is 1. The Balaban J connectivity index is 2.52. The van der Waals surface area contributed by atoms with Crippen LogP contribution in [0.5, 0.6) is 0 Å². The van der Waals surface area contributed by atoms with Crippen molar-refractivity contribution in [2.24, 2.45) is 5.73 Å². The predicted molar refractivity (Wildman–Crippen MR) is 70.5 cm³/mol. The number of carbonyl (C=O) groups excluding carboxylic acids is 1. The first-order valence-corrected chi connectivity index (χ1v) is 7.99. The summed E-state index contributed by atoms with van der Waals surface area (Å²) in [5.41, 5.74) is 4.51. The van der Waals surface area contributed by atoms with E-state index < -0.39 is 21.1 Å². The molecule has 1 fully saturated rings. The Bertz CT molecular complexity index is 411. The molecule has 0 aromatic heterocycles. The lowest BCUT2D eigenvalue weighted by Crippen LogP contribution is -2.57. The fourth-order valence-corrected chi connectivity index (χ4v) is 3.32. The van der Waals surface area contributed by atoms with Crippen LogP contribution >= 0.6 is 0 Å². The molecule has 6 nitrogen and oxygen atoms in total. The SMILES string of the molecule is CC(C)(CNC(=O)C1(N)CCCC1)NS(C)(=O)=O. The van der Waals surface area contributed by atoms with Gasteiger partial charge in [0.05, 0.1) is 11.8 Å². The lowest BCUT2D eigenvalue weighted by Gasteiger charge is -2.28. The highest BCUT2D eigenvalue weighted by Crippen LogP contribution is 2.27. The molecule has 1 saturated carbocycles. The van der Waals surface area contributed by atoms with Gasteiger partial charge in [-0.05, 0) is 26.7 Å². The van der Waals surface area contributed by atoms with Crippen molar-refractivity contribution < 1.29 is 13.2 Å². The number of nitrogens with one attached hydrogen (secondary N) is 2. The van der Waals surface area contributed by atoms with Crippen LogP contribution in [0.15, 0.2) is 0 Å². The van der Waals surface area contributed by atoms with Gasteiger partial charge in [0.15, 0.2) is 0 Å². The van der Waals surface area contributed by atoms with Gasteiger partial charge in [-0.15, -0.1) is 0 Å². The summed E-state index contributed by atoms with van der Waals surface area (Å²) in [4.78, 5) is 12.0. The summed E-state index contributed by atoms with van der Waals surface area (Å²) < 4.78 is 24.8. The van der Waals surface area contributed by atoms with E-state index in [1.165, 1.54) is 0 Å². The normalized spacial score (nSPS) is 19.8. The number of sulfonamides is 1. The van der Waals surface area contributed by atoms with Gasteiger partial charge in [-0.25, -0.2) is 13.1 Å². The maximum absolute atomic E-state index is 12.0. The summed E-state index contributed by atoms with van der Waals surface area (Å²) in [6, 6.07) is 0. The van der Waals surface area contributed by atoms with Crippen molar-refractivity contribution in [3.63, 3.8) is 0 Å². The van der Waals surface area contributed by atoms with E-state index >= 15 is 0 Å². The molecule has 4 N–H and O–H groups in total. The minimum absolute atomic E-state index is 0.191. The van der Waals surface area contributed by atoms with Gasteiger partial charge in [0.1, 0.15) is 0 Å². The number of hydrogen-bond acceptors (Lipinski definition) is 4. The zero-order valence-electron chi connectivity index (χ0n) is 11.2. The first-order chi connectivity index (χ1) is 8.04. The molecular weight excluding hydrogens is 254 g/mol.